The average Bonchev–Trinajstić information content (AvgIpc) is 2.42. The van der Waals surface area contributed by atoms with E-state index in [0.29, 0.717) is 12.8 Å². The molecule has 0 aliphatic heterocycles. The molecule has 1 rings (SSSR count). The number of carbonyl (C=O) groups excluding carboxylic acids is 2. The van der Waals surface area contributed by atoms with Crippen LogP contribution in [0.4, 0.5) is 11.4 Å². The first-order valence-electron chi connectivity index (χ1n) is 6.90. The highest BCUT2D eigenvalue weighted by Crippen LogP contribution is 2.32. The lowest BCUT2D eigenvalue weighted by Crippen LogP contribution is -2.27. The van der Waals surface area contributed by atoms with Crippen molar-refractivity contribution in [3.8, 4) is 0 Å². The summed E-state index contributed by atoms with van der Waals surface area (Å²) in [6.45, 7) is 7.24. The van der Waals surface area contributed by atoms with Crippen LogP contribution in [0.15, 0.2) is 18.2 Å². The van der Waals surface area contributed by atoms with Crippen molar-refractivity contribution < 1.29 is 19.2 Å². The number of hydrogen-bond acceptors (Lipinski definition) is 6. The predicted octanol–water partition coefficient (Wildman–Crippen LogP) is 2.58. The van der Waals surface area contributed by atoms with E-state index in [-0.39, 0.29) is 23.5 Å². The molecule has 7 nitrogen and oxygen atoms in total. The molecule has 0 amide bonds. The summed E-state index contributed by atoms with van der Waals surface area (Å²) in [5.41, 5.74) is -1.00. The van der Waals surface area contributed by atoms with Gasteiger partial charge in [0.1, 0.15) is 23.1 Å². The minimum absolute atomic E-state index is 0.00904. The summed E-state index contributed by atoms with van der Waals surface area (Å²) in [5, 5.41) is 11.4. The molecular formula is C15H20N2O5. The quantitative estimate of drug-likeness (QED) is 0.347. The van der Waals surface area contributed by atoms with Crippen molar-refractivity contribution in [2.75, 3.05) is 18.0 Å². The molecule has 0 aliphatic rings. The average molecular weight is 308 g/mol. The van der Waals surface area contributed by atoms with Gasteiger partial charge >= 0.3 is 11.7 Å². The number of nitrogens with zero attached hydrogens (tertiary/aromatic N) is 2. The Morgan fingerprint density at radius 2 is 2.05 bits per heavy atom. The van der Waals surface area contributed by atoms with Gasteiger partial charge in [-0.3, -0.25) is 10.1 Å². The highest BCUT2D eigenvalue weighted by atomic mass is 16.6. The number of ether oxygens (including phenoxy) is 1. The highest BCUT2D eigenvalue weighted by Gasteiger charge is 2.30. The van der Waals surface area contributed by atoms with Crippen molar-refractivity contribution in [1.82, 2.24) is 0 Å². The number of likely N-dealkylation sites (N-methyl/N-ethyl adjacent to an activating group) is 1. The Kier molecular flexibility index (Phi) is 5.62. The number of esters is 1. The number of hydrogen-bond donors (Lipinski definition) is 0. The maximum atomic E-state index is 12.2. The van der Waals surface area contributed by atoms with Crippen LogP contribution >= 0.6 is 0 Å². The van der Waals surface area contributed by atoms with E-state index in [4.69, 9.17) is 4.74 Å². The van der Waals surface area contributed by atoms with Gasteiger partial charge in [-0.05, 0) is 39.8 Å². The minimum atomic E-state index is -0.761. The maximum Gasteiger partial charge on any atom is 0.345 e. The number of nitro benzene ring substituents is 1. The van der Waals surface area contributed by atoms with Crippen molar-refractivity contribution in [3.63, 3.8) is 0 Å². The molecule has 0 saturated heterocycles. The Labute approximate surface area is 129 Å². The number of para-hydroxylation sites is 1. The van der Waals surface area contributed by atoms with Crippen LogP contribution in [0, 0.1) is 10.1 Å². The molecule has 0 bridgehead atoms. The Balaban J connectivity index is 3.38. The predicted molar refractivity (Wildman–Crippen MR) is 82.2 cm³/mol. The topological polar surface area (TPSA) is 89.8 Å². The first-order chi connectivity index (χ1) is 10.2. The summed E-state index contributed by atoms with van der Waals surface area (Å²) in [7, 11) is 0. The molecule has 0 heterocycles. The van der Waals surface area contributed by atoms with E-state index >= 15 is 0 Å². The smallest absolute Gasteiger partial charge is 0.345 e. The number of carbonyl (C=O) groups is 2. The van der Waals surface area contributed by atoms with E-state index in [1.165, 1.54) is 23.1 Å². The number of benzene rings is 1. The molecule has 22 heavy (non-hydrogen) atoms. The number of rotatable bonds is 6. The van der Waals surface area contributed by atoms with E-state index in [2.05, 4.69) is 0 Å². The largest absolute Gasteiger partial charge is 0.456 e. The molecule has 0 aromatic heterocycles. The van der Waals surface area contributed by atoms with E-state index in [1.54, 1.807) is 27.7 Å². The highest BCUT2D eigenvalue weighted by molar-refractivity contribution is 5.97. The van der Waals surface area contributed by atoms with Crippen LogP contribution in [-0.2, 0) is 9.53 Å². The van der Waals surface area contributed by atoms with Crippen molar-refractivity contribution in [2.24, 2.45) is 0 Å². The molecule has 0 fully saturated rings. The molecule has 0 N–H and O–H groups in total. The van der Waals surface area contributed by atoms with Gasteiger partial charge in [-0.25, -0.2) is 4.79 Å². The lowest BCUT2D eigenvalue weighted by Gasteiger charge is -2.22. The van der Waals surface area contributed by atoms with E-state index < -0.39 is 16.5 Å². The molecule has 1 aromatic rings. The molecule has 7 heteroatoms. The zero-order valence-corrected chi connectivity index (χ0v) is 13.2. The van der Waals surface area contributed by atoms with E-state index in [0.717, 1.165) is 0 Å². The zero-order valence-electron chi connectivity index (χ0n) is 13.2. The Hall–Kier alpha value is -2.44. The standard InChI is InChI=1S/C15H20N2O5/c1-5-16(9-10-18)12-8-6-7-11(13(12)17(20)21)14(19)22-15(2,3)4/h6-8,10H,5,9H2,1-4H3. The molecule has 0 radical (unpaired) electrons. The molecular weight excluding hydrogens is 288 g/mol. The molecule has 0 unspecified atom stereocenters. The lowest BCUT2D eigenvalue weighted by molar-refractivity contribution is -0.384. The van der Waals surface area contributed by atoms with Gasteiger partial charge in [0, 0.05) is 6.54 Å². The van der Waals surface area contributed by atoms with Gasteiger partial charge in [0.25, 0.3) is 0 Å². The van der Waals surface area contributed by atoms with Gasteiger partial charge in [0.2, 0.25) is 0 Å². The van der Waals surface area contributed by atoms with Crippen LogP contribution in [0.1, 0.15) is 38.1 Å². The fraction of sp³-hybridized carbons (Fsp3) is 0.467. The monoisotopic (exact) mass is 308 g/mol. The Morgan fingerprint density at radius 3 is 2.50 bits per heavy atom. The third kappa shape index (κ3) is 4.28. The molecule has 0 atom stereocenters. The minimum Gasteiger partial charge on any atom is -0.456 e. The summed E-state index contributed by atoms with van der Waals surface area (Å²) in [5.74, 6) is -0.761. The summed E-state index contributed by atoms with van der Waals surface area (Å²) < 4.78 is 5.21. The third-order valence-corrected chi connectivity index (χ3v) is 2.83. The molecule has 0 saturated carbocycles. The summed E-state index contributed by atoms with van der Waals surface area (Å²) in [6, 6.07) is 4.40. The van der Waals surface area contributed by atoms with Gasteiger partial charge in [0.05, 0.1) is 11.5 Å². The van der Waals surface area contributed by atoms with Crippen molar-refractivity contribution in [1.29, 1.82) is 0 Å². The van der Waals surface area contributed by atoms with Gasteiger partial charge in [-0.15, -0.1) is 0 Å². The van der Waals surface area contributed by atoms with Crippen LogP contribution in [0.5, 0.6) is 0 Å². The van der Waals surface area contributed by atoms with Gasteiger partial charge in [0.15, 0.2) is 0 Å². The second kappa shape index (κ2) is 7.02. The van der Waals surface area contributed by atoms with Crippen LogP contribution < -0.4 is 4.90 Å². The van der Waals surface area contributed by atoms with Gasteiger partial charge in [-0.1, -0.05) is 6.07 Å². The number of anilines is 1. The Bertz CT molecular complexity index is 578. The first-order valence-corrected chi connectivity index (χ1v) is 6.90. The molecule has 0 spiro atoms. The summed E-state index contributed by atoms with van der Waals surface area (Å²) in [6.07, 6.45) is 0.660. The number of aldehydes is 1. The Morgan fingerprint density at radius 1 is 1.41 bits per heavy atom. The van der Waals surface area contributed by atoms with Gasteiger partial charge in [-0.2, -0.15) is 0 Å². The van der Waals surface area contributed by atoms with E-state index in [1.807, 2.05) is 0 Å². The van der Waals surface area contributed by atoms with Crippen molar-refractivity contribution >= 4 is 23.6 Å². The van der Waals surface area contributed by atoms with Crippen molar-refractivity contribution in [3.05, 3.63) is 33.9 Å². The third-order valence-electron chi connectivity index (χ3n) is 2.83. The second-order valence-electron chi connectivity index (χ2n) is 5.64. The summed E-state index contributed by atoms with van der Waals surface area (Å²) >= 11 is 0. The van der Waals surface area contributed by atoms with Crippen LogP contribution in [0.2, 0.25) is 0 Å². The fourth-order valence-corrected chi connectivity index (χ4v) is 1.96. The van der Waals surface area contributed by atoms with Gasteiger partial charge < -0.3 is 14.4 Å². The molecule has 120 valence electrons. The lowest BCUT2D eigenvalue weighted by atomic mass is 10.1. The zero-order chi connectivity index (χ0) is 16.9. The molecule has 1 aromatic carbocycles. The van der Waals surface area contributed by atoms with E-state index in [9.17, 15) is 19.7 Å². The second-order valence-corrected chi connectivity index (χ2v) is 5.64. The van der Waals surface area contributed by atoms with Crippen molar-refractivity contribution in [2.45, 2.75) is 33.3 Å². The number of nitro groups is 1. The van der Waals surface area contributed by atoms with Crippen LogP contribution in [-0.4, -0.2) is 35.9 Å². The normalized spacial score (nSPS) is 10.9. The SMILES string of the molecule is CCN(CC=O)c1cccc(C(=O)OC(C)(C)C)c1[N+](=O)[O-]. The molecule has 0 aliphatic carbocycles. The van der Waals surface area contributed by atoms with Crippen LogP contribution in [0.3, 0.4) is 0 Å². The summed E-state index contributed by atoms with van der Waals surface area (Å²) in [4.78, 5) is 35.2. The van der Waals surface area contributed by atoms with Crippen LogP contribution in [0.25, 0.3) is 0 Å². The fourth-order valence-electron chi connectivity index (χ4n) is 1.96. The first kappa shape index (κ1) is 17.6. The maximum absolute atomic E-state index is 12.2.